The molecule has 0 aliphatic rings. The third-order valence-electron chi connectivity index (χ3n) is 5.86. The molecule has 0 aliphatic heterocycles. The molecule has 0 saturated heterocycles. The van der Waals surface area contributed by atoms with Crippen LogP contribution >= 0.6 is 0 Å². The summed E-state index contributed by atoms with van der Waals surface area (Å²) in [6.07, 6.45) is 3.58. The number of ether oxygens (including phenoxy) is 1. The third kappa shape index (κ3) is 7.63. The highest BCUT2D eigenvalue weighted by Gasteiger charge is 2.33. The second kappa shape index (κ2) is 9.37. The van der Waals surface area contributed by atoms with Crippen molar-refractivity contribution < 1.29 is 9.53 Å². The van der Waals surface area contributed by atoms with Crippen LogP contribution in [0.5, 0.6) is 5.75 Å². The summed E-state index contributed by atoms with van der Waals surface area (Å²) in [5, 5.41) is 0. The fourth-order valence-corrected chi connectivity index (χ4v) is 3.80. The summed E-state index contributed by atoms with van der Waals surface area (Å²) in [5.74, 6) is 0.706. The molecule has 2 heteroatoms. The van der Waals surface area contributed by atoms with Crippen LogP contribution < -0.4 is 4.74 Å². The number of hydrogen-bond donors (Lipinski definition) is 0. The van der Waals surface area contributed by atoms with Crippen molar-refractivity contribution in [1.82, 2.24) is 0 Å². The van der Waals surface area contributed by atoms with Gasteiger partial charge in [0.15, 0.2) is 0 Å². The van der Waals surface area contributed by atoms with E-state index in [1.807, 2.05) is 30.3 Å². The molecule has 2 rings (SSSR count). The zero-order valence-electron chi connectivity index (χ0n) is 20.2. The number of hydrogen-bond acceptors (Lipinski definition) is 2. The van der Waals surface area contributed by atoms with Crippen LogP contribution in [0.2, 0.25) is 0 Å². The van der Waals surface area contributed by atoms with Gasteiger partial charge in [-0.3, -0.25) is 0 Å². The average Bonchev–Trinajstić information content (AvgIpc) is 2.65. The minimum absolute atomic E-state index is 0.154. The van der Waals surface area contributed by atoms with E-state index < -0.39 is 0 Å². The van der Waals surface area contributed by atoms with Crippen LogP contribution in [0.4, 0.5) is 0 Å². The molecule has 0 saturated carbocycles. The molecule has 0 spiro atoms. The molecule has 30 heavy (non-hydrogen) atoms. The molecule has 2 nitrogen and oxygen atoms in total. The number of carbonyl (C=O) groups excluding carboxylic acids is 1. The average molecular weight is 409 g/mol. The maximum absolute atomic E-state index is 12.3. The van der Waals surface area contributed by atoms with Crippen molar-refractivity contribution in [1.29, 1.82) is 0 Å². The molecule has 0 N–H and O–H groups in total. The lowest BCUT2D eigenvalue weighted by Crippen LogP contribution is -2.26. The van der Waals surface area contributed by atoms with E-state index >= 15 is 0 Å². The SMILES string of the molecule is CC(C)(C)CCC(C)(C)CC(c1ccc(OC(=O)c2ccccc2)cc1)C(C)(C)C. The number of benzene rings is 2. The van der Waals surface area contributed by atoms with Crippen molar-refractivity contribution >= 4 is 5.97 Å². The first-order valence-corrected chi connectivity index (χ1v) is 11.1. The Morgan fingerprint density at radius 2 is 1.37 bits per heavy atom. The van der Waals surface area contributed by atoms with E-state index in [9.17, 15) is 4.79 Å². The Kier molecular flexibility index (Phi) is 7.55. The topological polar surface area (TPSA) is 26.3 Å². The predicted octanol–water partition coefficient (Wildman–Crippen LogP) is 8.28. The van der Waals surface area contributed by atoms with Gasteiger partial charge in [-0.05, 0) is 71.3 Å². The van der Waals surface area contributed by atoms with Crippen LogP contribution in [0.25, 0.3) is 0 Å². The standard InChI is InChI=1S/C28H40O2/c1-26(2,3)18-19-28(7,8)20-24(27(4,5)6)21-14-16-23(17-15-21)30-25(29)22-12-10-9-11-13-22/h9-17,24H,18-20H2,1-8H3. The van der Waals surface area contributed by atoms with Crippen LogP contribution in [0.3, 0.4) is 0 Å². The maximum Gasteiger partial charge on any atom is 0.343 e. The Balaban J connectivity index is 2.13. The molecule has 0 aromatic heterocycles. The third-order valence-corrected chi connectivity index (χ3v) is 5.86. The minimum atomic E-state index is -0.320. The number of rotatable bonds is 7. The lowest BCUT2D eigenvalue weighted by Gasteiger charge is -2.39. The van der Waals surface area contributed by atoms with Gasteiger partial charge < -0.3 is 4.74 Å². The molecular weight excluding hydrogens is 368 g/mol. The van der Waals surface area contributed by atoms with E-state index in [2.05, 4.69) is 67.5 Å². The number of carbonyl (C=O) groups is 1. The highest BCUT2D eigenvalue weighted by atomic mass is 16.5. The van der Waals surface area contributed by atoms with Gasteiger partial charge in [-0.2, -0.15) is 0 Å². The van der Waals surface area contributed by atoms with E-state index in [1.54, 1.807) is 12.1 Å². The molecule has 164 valence electrons. The van der Waals surface area contributed by atoms with E-state index in [0.29, 0.717) is 22.6 Å². The summed E-state index contributed by atoms with van der Waals surface area (Å²) < 4.78 is 5.56. The highest BCUT2D eigenvalue weighted by Crippen LogP contribution is 2.46. The summed E-state index contributed by atoms with van der Waals surface area (Å²) in [6, 6.07) is 17.2. The summed E-state index contributed by atoms with van der Waals surface area (Å²) in [6.45, 7) is 18.7. The van der Waals surface area contributed by atoms with Crippen LogP contribution in [0.15, 0.2) is 54.6 Å². The lowest BCUT2D eigenvalue weighted by molar-refractivity contribution is 0.0734. The molecule has 1 atom stereocenters. The van der Waals surface area contributed by atoms with Crippen molar-refractivity contribution in [3.63, 3.8) is 0 Å². The molecule has 1 unspecified atom stereocenters. The van der Waals surface area contributed by atoms with Crippen molar-refractivity contribution in [3.05, 3.63) is 65.7 Å². The summed E-state index contributed by atoms with van der Waals surface area (Å²) in [7, 11) is 0. The Hall–Kier alpha value is -2.09. The van der Waals surface area contributed by atoms with E-state index in [-0.39, 0.29) is 16.8 Å². The molecule has 0 fully saturated rings. The quantitative estimate of drug-likeness (QED) is 0.340. The van der Waals surface area contributed by atoms with Crippen molar-refractivity contribution in [2.45, 2.75) is 80.6 Å². The van der Waals surface area contributed by atoms with Gasteiger partial charge in [0.25, 0.3) is 0 Å². The van der Waals surface area contributed by atoms with Gasteiger partial charge in [-0.1, -0.05) is 85.7 Å². The molecule has 2 aromatic rings. The molecule has 2 aromatic carbocycles. The molecular formula is C28H40O2. The molecule has 0 radical (unpaired) electrons. The minimum Gasteiger partial charge on any atom is -0.423 e. The highest BCUT2D eigenvalue weighted by molar-refractivity contribution is 5.90. The fraction of sp³-hybridized carbons (Fsp3) is 0.536. The summed E-state index contributed by atoms with van der Waals surface area (Å²) in [5.41, 5.74) is 2.66. The Morgan fingerprint density at radius 3 is 1.87 bits per heavy atom. The van der Waals surface area contributed by atoms with E-state index in [4.69, 9.17) is 4.74 Å². The first kappa shape index (κ1) is 24.2. The van der Waals surface area contributed by atoms with Crippen molar-refractivity contribution in [2.24, 2.45) is 16.2 Å². The van der Waals surface area contributed by atoms with Gasteiger partial charge >= 0.3 is 5.97 Å². The summed E-state index contributed by atoms with van der Waals surface area (Å²) in [4.78, 5) is 12.3. The fourth-order valence-electron chi connectivity index (χ4n) is 3.80. The molecule has 0 aliphatic carbocycles. The van der Waals surface area contributed by atoms with Gasteiger partial charge in [-0.15, -0.1) is 0 Å². The van der Waals surface area contributed by atoms with Crippen LogP contribution in [-0.4, -0.2) is 5.97 Å². The van der Waals surface area contributed by atoms with Crippen LogP contribution in [-0.2, 0) is 0 Å². The zero-order valence-corrected chi connectivity index (χ0v) is 20.2. The molecule has 0 heterocycles. The lowest BCUT2D eigenvalue weighted by atomic mass is 9.66. The van der Waals surface area contributed by atoms with Crippen molar-refractivity contribution in [2.75, 3.05) is 0 Å². The summed E-state index contributed by atoms with van der Waals surface area (Å²) >= 11 is 0. The smallest absolute Gasteiger partial charge is 0.343 e. The van der Waals surface area contributed by atoms with E-state index in [0.717, 1.165) is 6.42 Å². The molecule has 0 amide bonds. The molecule has 0 bridgehead atoms. The predicted molar refractivity (Wildman–Crippen MR) is 127 cm³/mol. The normalized spacial score (nSPS) is 13.7. The second-order valence-electron chi connectivity index (χ2n) is 11.7. The van der Waals surface area contributed by atoms with Gasteiger partial charge in [-0.25, -0.2) is 4.79 Å². The Morgan fingerprint density at radius 1 is 0.800 bits per heavy atom. The van der Waals surface area contributed by atoms with Gasteiger partial charge in [0.1, 0.15) is 5.75 Å². The first-order chi connectivity index (χ1) is 13.8. The first-order valence-electron chi connectivity index (χ1n) is 11.1. The monoisotopic (exact) mass is 408 g/mol. The van der Waals surface area contributed by atoms with Crippen LogP contribution in [0.1, 0.15) is 96.5 Å². The van der Waals surface area contributed by atoms with E-state index in [1.165, 1.54) is 18.4 Å². The van der Waals surface area contributed by atoms with Crippen LogP contribution in [0, 0.1) is 16.2 Å². The van der Waals surface area contributed by atoms with Gasteiger partial charge in [0, 0.05) is 0 Å². The van der Waals surface area contributed by atoms with Gasteiger partial charge in [0.05, 0.1) is 5.56 Å². The Labute approximate surface area is 184 Å². The second-order valence-corrected chi connectivity index (χ2v) is 11.7. The maximum atomic E-state index is 12.3. The van der Waals surface area contributed by atoms with Gasteiger partial charge in [0.2, 0.25) is 0 Å². The zero-order chi connectivity index (χ0) is 22.6. The Bertz CT molecular complexity index is 802. The number of esters is 1. The largest absolute Gasteiger partial charge is 0.423 e. The van der Waals surface area contributed by atoms with Crippen molar-refractivity contribution in [3.8, 4) is 5.75 Å².